The van der Waals surface area contributed by atoms with Gasteiger partial charge in [-0.25, -0.2) is 4.79 Å². The van der Waals surface area contributed by atoms with Crippen LogP contribution in [0.15, 0.2) is 118 Å². The van der Waals surface area contributed by atoms with Crippen molar-refractivity contribution in [2.45, 2.75) is 34.6 Å². The summed E-state index contributed by atoms with van der Waals surface area (Å²) in [6.45, 7) is 4.92. The van der Waals surface area contributed by atoms with Gasteiger partial charge >= 0.3 is 12.1 Å². The molecule has 0 fully saturated rings. The normalized spacial score (nSPS) is 10.7. The number of ether oxygens (including phenoxy) is 1. The van der Waals surface area contributed by atoms with E-state index in [2.05, 4.69) is 102 Å². The van der Waals surface area contributed by atoms with E-state index in [-0.39, 0.29) is 16.5 Å². The molecule has 0 saturated carbocycles. The monoisotopic (exact) mass is 413 g/mol. The summed E-state index contributed by atoms with van der Waals surface area (Å²) in [4.78, 5) is 14.4. The van der Waals surface area contributed by atoms with E-state index in [9.17, 15) is 13.6 Å². The van der Waals surface area contributed by atoms with Gasteiger partial charge in [0, 0.05) is 12.5 Å². The molecule has 0 N–H and O–H groups in total. The Kier molecular flexibility index (Phi) is 8.16. The second kappa shape index (κ2) is 10.6. The number of carbonyl (C=O) groups is 1. The van der Waals surface area contributed by atoms with E-state index in [4.69, 9.17) is 0 Å². The van der Waals surface area contributed by atoms with Crippen molar-refractivity contribution in [2.24, 2.45) is 0 Å². The van der Waals surface area contributed by atoms with Gasteiger partial charge in [-0.3, -0.25) is 0 Å². The topological polar surface area (TPSA) is 26.3 Å². The van der Waals surface area contributed by atoms with Crippen molar-refractivity contribution in [3.63, 3.8) is 0 Å². The minimum atomic E-state index is -3.41. The number of halogens is 2. The van der Waals surface area contributed by atoms with Gasteiger partial charge < -0.3 is 4.74 Å². The van der Waals surface area contributed by atoms with Crippen LogP contribution in [0.4, 0.5) is 8.78 Å². The Bertz CT molecular complexity index is 814. The summed E-state index contributed by atoms with van der Waals surface area (Å²) >= 11 is 0. The van der Waals surface area contributed by atoms with E-state index >= 15 is 0 Å². The van der Waals surface area contributed by atoms with Crippen LogP contribution in [-0.2, 0) is 20.4 Å². The van der Waals surface area contributed by atoms with Gasteiger partial charge in [-0.2, -0.15) is 8.78 Å². The molecule has 0 atom stereocenters. The van der Waals surface area contributed by atoms with Gasteiger partial charge in [0.25, 0.3) is 0 Å². The summed E-state index contributed by atoms with van der Waals surface area (Å²) < 4.78 is 27.3. The number of alkyl halides is 2. The van der Waals surface area contributed by atoms with Gasteiger partial charge in [0.05, 0.1) is 10.9 Å². The third-order valence-corrected chi connectivity index (χ3v) is 5.79. The number of rotatable bonds is 5. The molecule has 0 aliphatic heterocycles. The quantitative estimate of drug-likeness (QED) is 0.271. The predicted molar refractivity (Wildman–Crippen MR) is 113 cm³/mol. The first kappa shape index (κ1) is 22.4. The first-order chi connectivity index (χ1) is 13.8. The lowest BCUT2D eigenvalue weighted by Crippen LogP contribution is -2.20. The molecule has 0 radical (unpaired) electrons. The molecule has 150 valence electrons. The summed E-state index contributed by atoms with van der Waals surface area (Å²) in [5.74, 6) is -1.08. The van der Waals surface area contributed by atoms with E-state index in [0.717, 1.165) is 0 Å². The zero-order valence-electron chi connectivity index (χ0n) is 16.3. The summed E-state index contributed by atoms with van der Waals surface area (Å²) in [6, 6.07) is 32.2. The number of benzene rings is 3. The third-order valence-electron chi connectivity index (χ3n) is 3.56. The van der Waals surface area contributed by atoms with Gasteiger partial charge in [0.15, 0.2) is 14.7 Å². The molecule has 5 heteroatoms. The van der Waals surface area contributed by atoms with Gasteiger partial charge in [-0.05, 0) is 43.3 Å². The lowest BCUT2D eigenvalue weighted by Gasteiger charge is -2.10. The van der Waals surface area contributed by atoms with Crippen LogP contribution in [0.5, 0.6) is 0 Å². The summed E-state index contributed by atoms with van der Waals surface area (Å²) in [5, 5.41) is 0. The number of hydrogen-bond donors (Lipinski definition) is 0. The lowest BCUT2D eigenvalue weighted by atomic mass is 10.4. The molecular formula is C24H23F2O2S+. The molecule has 3 aromatic rings. The summed E-state index contributed by atoms with van der Waals surface area (Å²) in [5.41, 5.74) is -0.0403. The molecule has 0 amide bonds. The van der Waals surface area contributed by atoms with Crippen molar-refractivity contribution in [2.75, 3.05) is 0 Å². The van der Waals surface area contributed by atoms with Gasteiger partial charge in [-0.15, -0.1) is 0 Å². The van der Waals surface area contributed by atoms with Gasteiger partial charge in [-0.1, -0.05) is 61.2 Å². The van der Waals surface area contributed by atoms with Crippen LogP contribution < -0.4 is 0 Å². The van der Waals surface area contributed by atoms with Crippen LogP contribution in [0.2, 0.25) is 0 Å². The predicted octanol–water partition coefficient (Wildman–Crippen LogP) is 6.50. The smallest absolute Gasteiger partial charge is 0.397 e. The molecule has 0 saturated heterocycles. The second-order valence-electron chi connectivity index (χ2n) is 6.22. The Morgan fingerprint density at radius 2 is 1.10 bits per heavy atom. The maximum Gasteiger partial charge on any atom is 0.397 e. The van der Waals surface area contributed by atoms with Gasteiger partial charge in [0.1, 0.15) is 0 Å². The Morgan fingerprint density at radius 3 is 1.31 bits per heavy atom. The maximum absolute atomic E-state index is 11.8. The van der Waals surface area contributed by atoms with Crippen LogP contribution >= 0.6 is 0 Å². The molecule has 0 unspecified atom stereocenters. The molecule has 0 heterocycles. The van der Waals surface area contributed by atoms with Crippen molar-refractivity contribution in [1.29, 1.82) is 0 Å². The Hall–Kier alpha value is -2.92. The molecule has 3 rings (SSSR count). The molecule has 0 spiro atoms. The maximum atomic E-state index is 11.8. The van der Waals surface area contributed by atoms with Crippen LogP contribution in [0, 0.1) is 0 Å². The summed E-state index contributed by atoms with van der Waals surface area (Å²) in [6.07, 6.45) is -3.41. The zero-order chi connectivity index (χ0) is 21.3. The molecule has 0 bridgehead atoms. The number of carbonyl (C=O) groups excluding carboxylic acids is 1. The van der Waals surface area contributed by atoms with Crippen LogP contribution in [-0.4, -0.2) is 12.1 Å². The highest BCUT2D eigenvalue weighted by molar-refractivity contribution is 7.97. The van der Waals surface area contributed by atoms with E-state index in [1.165, 1.54) is 21.6 Å². The summed E-state index contributed by atoms with van der Waals surface area (Å²) in [7, 11) is -0.0146. The van der Waals surface area contributed by atoms with Crippen molar-refractivity contribution in [3.05, 3.63) is 103 Å². The molecule has 0 aliphatic rings. The molecule has 29 heavy (non-hydrogen) atoms. The van der Waals surface area contributed by atoms with Crippen molar-refractivity contribution in [3.8, 4) is 0 Å². The lowest BCUT2D eigenvalue weighted by molar-refractivity contribution is -0.218. The fourth-order valence-corrected chi connectivity index (χ4v) is 4.43. The minimum Gasteiger partial charge on any atom is -0.398 e. The Balaban J connectivity index is 0.000000257. The average Bonchev–Trinajstić information content (AvgIpc) is 2.70. The average molecular weight is 414 g/mol. The highest BCUT2D eigenvalue weighted by atomic mass is 32.2. The Morgan fingerprint density at radius 1 is 0.793 bits per heavy atom. The van der Waals surface area contributed by atoms with Gasteiger partial charge in [0.2, 0.25) is 0 Å². The number of hydrogen-bond acceptors (Lipinski definition) is 2. The highest BCUT2D eigenvalue weighted by Crippen LogP contribution is 2.30. The fraction of sp³-hybridized carbons (Fsp3) is 0.125. The minimum absolute atomic E-state index is 0.0146. The second-order valence-corrected chi connectivity index (χ2v) is 8.25. The molecule has 3 aromatic carbocycles. The fourth-order valence-electron chi connectivity index (χ4n) is 2.33. The SMILES string of the molecule is C=C(C)C(=O)OC(C)(F)F.c1ccc([S+](c2ccccc2)c2ccccc2)cc1. The van der Waals surface area contributed by atoms with E-state index in [1.807, 2.05) is 0 Å². The Labute approximate surface area is 173 Å². The first-order valence-electron chi connectivity index (χ1n) is 8.94. The van der Waals surface area contributed by atoms with Crippen LogP contribution in [0.3, 0.4) is 0 Å². The molecular weight excluding hydrogens is 390 g/mol. The van der Waals surface area contributed by atoms with E-state index in [0.29, 0.717) is 6.92 Å². The van der Waals surface area contributed by atoms with Crippen LogP contribution in [0.25, 0.3) is 0 Å². The molecule has 0 aliphatic carbocycles. The first-order valence-corrected chi connectivity index (χ1v) is 10.2. The molecule has 2 nitrogen and oxygen atoms in total. The van der Waals surface area contributed by atoms with Crippen molar-refractivity contribution < 1.29 is 18.3 Å². The third kappa shape index (κ3) is 7.54. The zero-order valence-corrected chi connectivity index (χ0v) is 17.2. The standard InChI is InChI=1S/C18H15S.C6H8F2O2/c1-4-10-16(11-5-1)19(17-12-6-2-7-13-17)18-14-8-3-9-15-18;1-4(2)5(9)10-6(3,7)8/h1-15H;1H2,2-3H3/q+1;. The van der Waals surface area contributed by atoms with Crippen molar-refractivity contribution >= 4 is 16.9 Å². The number of esters is 1. The highest BCUT2D eigenvalue weighted by Gasteiger charge is 2.27. The van der Waals surface area contributed by atoms with E-state index in [1.54, 1.807) is 0 Å². The van der Waals surface area contributed by atoms with Crippen LogP contribution in [0.1, 0.15) is 13.8 Å². The van der Waals surface area contributed by atoms with E-state index < -0.39 is 12.1 Å². The largest absolute Gasteiger partial charge is 0.398 e. The molecule has 0 aromatic heterocycles. The van der Waals surface area contributed by atoms with Crippen molar-refractivity contribution in [1.82, 2.24) is 0 Å².